The van der Waals surface area contributed by atoms with Gasteiger partial charge in [0.2, 0.25) is 10.0 Å². The Bertz CT molecular complexity index is 1190. The third-order valence-electron chi connectivity index (χ3n) is 4.85. The van der Waals surface area contributed by atoms with E-state index in [0.717, 1.165) is 12.3 Å². The van der Waals surface area contributed by atoms with Gasteiger partial charge in [0.1, 0.15) is 5.82 Å². The van der Waals surface area contributed by atoms with Crippen LogP contribution in [0.15, 0.2) is 48.7 Å². The van der Waals surface area contributed by atoms with Crippen molar-refractivity contribution in [3.8, 4) is 0 Å². The van der Waals surface area contributed by atoms with Gasteiger partial charge in [0, 0.05) is 22.2 Å². The molecule has 1 atom stereocenters. The molecule has 0 aliphatic heterocycles. The molecular formula is C20H20ClFN2O4S. The van der Waals surface area contributed by atoms with Crippen molar-refractivity contribution < 1.29 is 22.3 Å². The van der Waals surface area contributed by atoms with E-state index in [1.54, 1.807) is 42.0 Å². The minimum absolute atomic E-state index is 0.0875. The van der Waals surface area contributed by atoms with E-state index >= 15 is 0 Å². The summed E-state index contributed by atoms with van der Waals surface area (Å²) in [5.41, 5.74) is -0.0191. The summed E-state index contributed by atoms with van der Waals surface area (Å²) in [6, 6.07) is 10.6. The van der Waals surface area contributed by atoms with Gasteiger partial charge in [-0.25, -0.2) is 17.6 Å². The Morgan fingerprint density at radius 3 is 2.59 bits per heavy atom. The van der Waals surface area contributed by atoms with E-state index in [-0.39, 0.29) is 11.4 Å². The molecule has 3 aromatic rings. The lowest BCUT2D eigenvalue weighted by Gasteiger charge is -2.34. The first-order chi connectivity index (χ1) is 13.6. The fourth-order valence-electron chi connectivity index (χ4n) is 3.63. The Labute approximate surface area is 173 Å². The number of hydrogen-bond acceptors (Lipinski definition) is 4. The fraction of sp³-hybridized carbons (Fsp3) is 0.250. The number of hydrogen-bond donors (Lipinski definition) is 1. The van der Waals surface area contributed by atoms with Crippen molar-refractivity contribution in [1.29, 1.82) is 0 Å². The number of carbonyl (C=O) groups excluding carboxylic acids is 1. The molecule has 1 aromatic heterocycles. The zero-order chi connectivity index (χ0) is 21.4. The van der Waals surface area contributed by atoms with Gasteiger partial charge in [0.15, 0.2) is 5.54 Å². The maximum atomic E-state index is 13.7. The Morgan fingerprint density at radius 2 is 2.00 bits per heavy atom. The summed E-state index contributed by atoms with van der Waals surface area (Å²) >= 11 is 6.33. The monoisotopic (exact) mass is 438 g/mol. The van der Waals surface area contributed by atoms with Gasteiger partial charge in [0.05, 0.1) is 24.6 Å². The van der Waals surface area contributed by atoms with Crippen molar-refractivity contribution in [1.82, 2.24) is 4.57 Å². The summed E-state index contributed by atoms with van der Waals surface area (Å²) in [6.45, 7) is 1.79. The summed E-state index contributed by atoms with van der Waals surface area (Å²) in [5, 5.41) is 0.683. The Morgan fingerprint density at radius 1 is 1.28 bits per heavy atom. The number of nitrogens with zero attached hydrogens (tertiary/aromatic N) is 1. The number of esters is 1. The highest BCUT2D eigenvalue weighted by molar-refractivity contribution is 7.92. The van der Waals surface area contributed by atoms with E-state index in [9.17, 15) is 17.6 Å². The van der Waals surface area contributed by atoms with E-state index in [4.69, 9.17) is 16.3 Å². The summed E-state index contributed by atoms with van der Waals surface area (Å²) < 4.78 is 46.3. The summed E-state index contributed by atoms with van der Waals surface area (Å²) in [7, 11) is -2.23. The van der Waals surface area contributed by atoms with Crippen LogP contribution in [0.25, 0.3) is 10.9 Å². The van der Waals surface area contributed by atoms with Gasteiger partial charge in [-0.2, -0.15) is 0 Å². The number of aromatic nitrogens is 1. The maximum Gasteiger partial charge on any atom is 0.336 e. The Hall–Kier alpha value is -2.58. The number of nitrogens with one attached hydrogen (secondary N) is 1. The van der Waals surface area contributed by atoms with Crippen LogP contribution in [0.1, 0.15) is 18.9 Å². The topological polar surface area (TPSA) is 77.4 Å². The standard InChI is InChI=1S/C20H20ClFN2O4S/c1-4-20(19(25)28-2,15-9-8-13(22)12-16(15)21)24-11-10-14-17(23-29(3,26)27)6-5-7-18(14)24/h5-12,23H,4H2,1-3H3. The van der Waals surface area contributed by atoms with Crippen LogP contribution in [0.2, 0.25) is 5.02 Å². The molecule has 0 saturated carbocycles. The highest BCUT2D eigenvalue weighted by Gasteiger charge is 2.44. The molecule has 1 N–H and O–H groups in total. The number of anilines is 1. The summed E-state index contributed by atoms with van der Waals surface area (Å²) in [5.74, 6) is -1.10. The minimum atomic E-state index is -3.50. The molecule has 6 nitrogen and oxygen atoms in total. The maximum absolute atomic E-state index is 13.7. The molecule has 3 rings (SSSR count). The van der Waals surface area contributed by atoms with Gasteiger partial charge in [-0.05, 0) is 36.8 Å². The van der Waals surface area contributed by atoms with Gasteiger partial charge in [-0.1, -0.05) is 30.7 Å². The third-order valence-corrected chi connectivity index (χ3v) is 5.75. The predicted molar refractivity (Wildman–Crippen MR) is 111 cm³/mol. The lowest BCUT2D eigenvalue weighted by molar-refractivity contribution is -0.149. The fourth-order valence-corrected chi connectivity index (χ4v) is 4.53. The third kappa shape index (κ3) is 3.70. The van der Waals surface area contributed by atoms with Crippen molar-refractivity contribution in [3.05, 3.63) is 65.1 Å². The molecular weight excluding hydrogens is 419 g/mol. The average molecular weight is 439 g/mol. The predicted octanol–water partition coefficient (Wildman–Crippen LogP) is 4.13. The van der Waals surface area contributed by atoms with Crippen LogP contribution in [-0.2, 0) is 25.1 Å². The average Bonchev–Trinajstić information content (AvgIpc) is 3.08. The summed E-state index contributed by atoms with van der Waals surface area (Å²) in [6.07, 6.45) is 2.99. The van der Waals surface area contributed by atoms with Crippen LogP contribution in [0.5, 0.6) is 0 Å². The smallest absolute Gasteiger partial charge is 0.336 e. The minimum Gasteiger partial charge on any atom is -0.467 e. The molecule has 0 radical (unpaired) electrons. The van der Waals surface area contributed by atoms with Gasteiger partial charge in [-0.3, -0.25) is 4.72 Å². The zero-order valence-corrected chi connectivity index (χ0v) is 17.6. The van der Waals surface area contributed by atoms with Crippen molar-refractivity contribution in [2.75, 3.05) is 18.1 Å². The number of methoxy groups -OCH3 is 1. The molecule has 29 heavy (non-hydrogen) atoms. The molecule has 0 aliphatic rings. The van der Waals surface area contributed by atoms with Crippen LogP contribution in [0, 0.1) is 5.82 Å². The van der Waals surface area contributed by atoms with E-state index < -0.39 is 27.3 Å². The van der Waals surface area contributed by atoms with Crippen molar-refractivity contribution in [2.24, 2.45) is 0 Å². The van der Waals surface area contributed by atoms with Crippen LogP contribution >= 0.6 is 11.6 Å². The van der Waals surface area contributed by atoms with E-state index in [1.807, 2.05) is 0 Å². The van der Waals surface area contributed by atoms with E-state index in [0.29, 0.717) is 22.2 Å². The number of sulfonamides is 1. The molecule has 0 spiro atoms. The normalized spacial score (nSPS) is 13.8. The van der Waals surface area contributed by atoms with E-state index in [1.165, 1.54) is 19.2 Å². The van der Waals surface area contributed by atoms with Crippen LogP contribution in [0.3, 0.4) is 0 Å². The number of ether oxygens (including phenoxy) is 1. The van der Waals surface area contributed by atoms with Gasteiger partial charge in [0.25, 0.3) is 0 Å². The molecule has 0 bridgehead atoms. The zero-order valence-electron chi connectivity index (χ0n) is 16.1. The van der Waals surface area contributed by atoms with Gasteiger partial charge in [-0.15, -0.1) is 0 Å². The first-order valence-corrected chi connectivity index (χ1v) is 11.0. The molecule has 1 heterocycles. The molecule has 1 unspecified atom stereocenters. The SMILES string of the molecule is CCC(C(=O)OC)(c1ccc(F)cc1Cl)n1ccc2c(NS(C)(=O)=O)cccc21. The van der Waals surface area contributed by atoms with Crippen molar-refractivity contribution >= 4 is 44.2 Å². The molecule has 0 amide bonds. The highest BCUT2D eigenvalue weighted by atomic mass is 35.5. The quantitative estimate of drug-likeness (QED) is 0.587. The number of fused-ring (bicyclic) bond motifs is 1. The van der Waals surface area contributed by atoms with Crippen LogP contribution < -0.4 is 4.72 Å². The van der Waals surface area contributed by atoms with Crippen molar-refractivity contribution in [2.45, 2.75) is 18.9 Å². The van der Waals surface area contributed by atoms with E-state index in [2.05, 4.69) is 4.72 Å². The highest BCUT2D eigenvalue weighted by Crippen LogP contribution is 2.40. The number of halogens is 2. The Kier molecular flexibility index (Phi) is 5.60. The largest absolute Gasteiger partial charge is 0.467 e. The second kappa shape index (κ2) is 7.68. The number of benzene rings is 2. The molecule has 9 heteroatoms. The van der Waals surface area contributed by atoms with Gasteiger partial charge < -0.3 is 9.30 Å². The van der Waals surface area contributed by atoms with Crippen molar-refractivity contribution in [3.63, 3.8) is 0 Å². The molecule has 0 aliphatic carbocycles. The Balaban J connectivity index is 2.34. The number of rotatable bonds is 6. The second-order valence-corrected chi connectivity index (χ2v) is 8.78. The molecule has 2 aromatic carbocycles. The first-order valence-electron chi connectivity index (χ1n) is 8.76. The van der Waals surface area contributed by atoms with Crippen LogP contribution in [-0.4, -0.2) is 32.3 Å². The molecule has 154 valence electrons. The first kappa shape index (κ1) is 21.1. The molecule has 0 fully saturated rings. The lowest BCUT2D eigenvalue weighted by Crippen LogP contribution is -2.43. The number of carbonyl (C=O) groups is 1. The van der Waals surface area contributed by atoms with Gasteiger partial charge >= 0.3 is 5.97 Å². The molecule has 0 saturated heterocycles. The lowest BCUT2D eigenvalue weighted by atomic mass is 9.86. The summed E-state index contributed by atoms with van der Waals surface area (Å²) in [4.78, 5) is 13.1. The van der Waals surface area contributed by atoms with Crippen LogP contribution in [0.4, 0.5) is 10.1 Å². The second-order valence-electron chi connectivity index (χ2n) is 6.63.